The monoisotopic (exact) mass is 270 g/mol. The summed E-state index contributed by atoms with van der Waals surface area (Å²) in [7, 11) is 3.36. The first-order chi connectivity index (χ1) is 8.88. The highest BCUT2D eigenvalue weighted by Gasteiger charge is 2.24. The second kappa shape index (κ2) is 6.61. The van der Waals surface area contributed by atoms with Gasteiger partial charge in [0.25, 0.3) is 0 Å². The summed E-state index contributed by atoms with van der Waals surface area (Å²) >= 11 is 0. The molecule has 5 heteroatoms. The van der Waals surface area contributed by atoms with Gasteiger partial charge in [-0.25, -0.2) is 8.78 Å². The van der Waals surface area contributed by atoms with E-state index in [1.54, 1.807) is 27.9 Å². The molecule has 0 aliphatic heterocycles. The highest BCUT2D eigenvalue weighted by atomic mass is 19.1. The second-order valence-electron chi connectivity index (χ2n) is 4.75. The number of carbonyl (C=O) groups is 1. The number of rotatable bonds is 5. The molecule has 1 aromatic carbocycles. The van der Waals surface area contributed by atoms with E-state index < -0.39 is 17.7 Å². The van der Waals surface area contributed by atoms with Gasteiger partial charge in [-0.1, -0.05) is 6.92 Å². The van der Waals surface area contributed by atoms with Crippen LogP contribution >= 0.6 is 0 Å². The molecule has 0 aliphatic rings. The molecule has 3 nitrogen and oxygen atoms in total. The Balaban J connectivity index is 2.90. The molecule has 0 bridgehead atoms. The van der Waals surface area contributed by atoms with Crippen LogP contribution in [-0.2, 0) is 4.79 Å². The largest absolute Gasteiger partial charge is 0.339 e. The number of hydrogen-bond acceptors (Lipinski definition) is 2. The van der Waals surface area contributed by atoms with Crippen molar-refractivity contribution in [2.24, 2.45) is 5.92 Å². The smallest absolute Gasteiger partial charge is 0.226 e. The second-order valence-corrected chi connectivity index (χ2v) is 4.75. The van der Waals surface area contributed by atoms with E-state index in [0.29, 0.717) is 6.54 Å². The Kier molecular flexibility index (Phi) is 5.42. The van der Waals surface area contributed by atoms with Gasteiger partial charge in [0, 0.05) is 25.1 Å². The number of hydrogen-bond donors (Lipinski definition) is 1. The third-order valence-electron chi connectivity index (χ3n) is 3.27. The fraction of sp³-hybridized carbons (Fsp3) is 0.500. The first kappa shape index (κ1) is 15.6. The fourth-order valence-electron chi connectivity index (χ4n) is 1.98. The van der Waals surface area contributed by atoms with E-state index in [1.807, 2.05) is 0 Å². The highest BCUT2D eigenvalue weighted by molar-refractivity contribution is 5.78. The Bertz CT molecular complexity index is 451. The Morgan fingerprint density at radius 3 is 2.58 bits per heavy atom. The van der Waals surface area contributed by atoms with Crippen LogP contribution in [-0.4, -0.2) is 31.4 Å². The number of amides is 1. The zero-order valence-electron chi connectivity index (χ0n) is 11.7. The first-order valence-electron chi connectivity index (χ1n) is 6.24. The number of carbonyl (C=O) groups excluding carboxylic acids is 1. The van der Waals surface area contributed by atoms with Crippen LogP contribution in [0.25, 0.3) is 0 Å². The van der Waals surface area contributed by atoms with Crippen molar-refractivity contribution in [3.05, 3.63) is 35.4 Å². The molecule has 2 atom stereocenters. The lowest BCUT2D eigenvalue weighted by atomic mass is 10.0. The zero-order valence-corrected chi connectivity index (χ0v) is 11.7. The normalized spacial score (nSPS) is 14.0. The molecule has 0 radical (unpaired) electrons. The molecule has 0 heterocycles. The van der Waals surface area contributed by atoms with Crippen LogP contribution in [0.3, 0.4) is 0 Å². The average molecular weight is 270 g/mol. The topological polar surface area (TPSA) is 32.3 Å². The van der Waals surface area contributed by atoms with Gasteiger partial charge >= 0.3 is 0 Å². The van der Waals surface area contributed by atoms with Crippen LogP contribution < -0.4 is 5.32 Å². The summed E-state index contributed by atoms with van der Waals surface area (Å²) in [6.45, 7) is 4.02. The van der Waals surface area contributed by atoms with Crippen molar-refractivity contribution in [1.82, 2.24) is 10.2 Å². The third kappa shape index (κ3) is 3.73. The third-order valence-corrected chi connectivity index (χ3v) is 3.27. The average Bonchev–Trinajstić information content (AvgIpc) is 2.39. The van der Waals surface area contributed by atoms with E-state index in [9.17, 15) is 13.6 Å². The lowest BCUT2D eigenvalue weighted by Crippen LogP contribution is -2.37. The van der Waals surface area contributed by atoms with Gasteiger partial charge in [-0.15, -0.1) is 0 Å². The van der Waals surface area contributed by atoms with Crippen LogP contribution in [0, 0.1) is 17.6 Å². The van der Waals surface area contributed by atoms with Gasteiger partial charge in [0.2, 0.25) is 5.91 Å². The van der Waals surface area contributed by atoms with E-state index in [-0.39, 0.29) is 17.4 Å². The van der Waals surface area contributed by atoms with Gasteiger partial charge in [0.05, 0.1) is 6.04 Å². The standard InChI is InChI=1S/C14H20F2N2O/c1-9(8-17-3)14(19)18(4)10(2)12-7-11(15)5-6-13(12)16/h5-7,9-10,17H,8H2,1-4H3. The van der Waals surface area contributed by atoms with Crippen molar-refractivity contribution in [3.8, 4) is 0 Å². The number of benzene rings is 1. The van der Waals surface area contributed by atoms with Crippen LogP contribution in [0.1, 0.15) is 25.5 Å². The van der Waals surface area contributed by atoms with Gasteiger partial charge < -0.3 is 10.2 Å². The summed E-state index contributed by atoms with van der Waals surface area (Å²) < 4.78 is 26.8. The van der Waals surface area contributed by atoms with Gasteiger partial charge in [0.1, 0.15) is 11.6 Å². The van der Waals surface area contributed by atoms with E-state index >= 15 is 0 Å². The van der Waals surface area contributed by atoms with Crippen LogP contribution in [0.5, 0.6) is 0 Å². The maximum Gasteiger partial charge on any atom is 0.226 e. The predicted octanol–water partition coefficient (Wildman–Crippen LogP) is 2.34. The molecule has 1 amide bonds. The summed E-state index contributed by atoms with van der Waals surface area (Å²) in [6, 6.07) is 2.77. The van der Waals surface area contributed by atoms with E-state index in [0.717, 1.165) is 18.2 Å². The van der Waals surface area contributed by atoms with Gasteiger partial charge in [-0.2, -0.15) is 0 Å². The molecule has 1 aromatic rings. The number of nitrogens with one attached hydrogen (secondary N) is 1. The van der Waals surface area contributed by atoms with E-state index in [2.05, 4.69) is 5.32 Å². The van der Waals surface area contributed by atoms with Crippen molar-refractivity contribution >= 4 is 5.91 Å². The van der Waals surface area contributed by atoms with E-state index in [4.69, 9.17) is 0 Å². The number of nitrogens with zero attached hydrogens (tertiary/aromatic N) is 1. The quantitative estimate of drug-likeness (QED) is 0.890. The minimum Gasteiger partial charge on any atom is -0.339 e. The van der Waals surface area contributed by atoms with Crippen LogP contribution in [0.2, 0.25) is 0 Å². The molecule has 0 spiro atoms. The molecule has 0 saturated carbocycles. The molecule has 0 fully saturated rings. The molecule has 1 N–H and O–H groups in total. The first-order valence-corrected chi connectivity index (χ1v) is 6.24. The molecule has 106 valence electrons. The fourth-order valence-corrected chi connectivity index (χ4v) is 1.98. The summed E-state index contributed by atoms with van der Waals surface area (Å²) in [5, 5.41) is 2.92. The van der Waals surface area contributed by atoms with Crippen molar-refractivity contribution in [2.75, 3.05) is 20.6 Å². The maximum atomic E-state index is 13.7. The molecule has 0 aliphatic carbocycles. The zero-order chi connectivity index (χ0) is 14.6. The van der Waals surface area contributed by atoms with Crippen LogP contribution in [0.4, 0.5) is 8.78 Å². The Morgan fingerprint density at radius 1 is 1.37 bits per heavy atom. The lowest BCUT2D eigenvalue weighted by molar-refractivity contribution is -0.135. The molecule has 19 heavy (non-hydrogen) atoms. The molecule has 0 saturated heterocycles. The number of halogens is 2. The SMILES string of the molecule is CNCC(C)C(=O)N(C)C(C)c1cc(F)ccc1F. The molecular weight excluding hydrogens is 250 g/mol. The summed E-state index contributed by atoms with van der Waals surface area (Å²) in [6.07, 6.45) is 0. The molecular formula is C14H20F2N2O. The van der Waals surface area contributed by atoms with E-state index in [1.165, 1.54) is 4.90 Å². The van der Waals surface area contributed by atoms with Crippen molar-refractivity contribution in [2.45, 2.75) is 19.9 Å². The Hall–Kier alpha value is -1.49. The summed E-state index contributed by atoms with van der Waals surface area (Å²) in [5.41, 5.74) is 0.188. The summed E-state index contributed by atoms with van der Waals surface area (Å²) in [5.74, 6) is -1.33. The lowest BCUT2D eigenvalue weighted by Gasteiger charge is -2.28. The summed E-state index contributed by atoms with van der Waals surface area (Å²) in [4.78, 5) is 13.6. The Labute approximate surface area is 112 Å². The highest BCUT2D eigenvalue weighted by Crippen LogP contribution is 2.23. The van der Waals surface area contributed by atoms with Crippen LogP contribution in [0.15, 0.2) is 18.2 Å². The van der Waals surface area contributed by atoms with Gasteiger partial charge in [0.15, 0.2) is 0 Å². The Morgan fingerprint density at radius 2 is 2.00 bits per heavy atom. The minimum atomic E-state index is -0.512. The molecule has 1 rings (SSSR count). The van der Waals surface area contributed by atoms with Gasteiger partial charge in [-0.05, 0) is 32.2 Å². The molecule has 2 unspecified atom stereocenters. The predicted molar refractivity (Wildman–Crippen MR) is 70.6 cm³/mol. The maximum absolute atomic E-state index is 13.7. The molecule has 0 aromatic heterocycles. The van der Waals surface area contributed by atoms with Crippen molar-refractivity contribution in [3.63, 3.8) is 0 Å². The van der Waals surface area contributed by atoms with Crippen molar-refractivity contribution < 1.29 is 13.6 Å². The van der Waals surface area contributed by atoms with Gasteiger partial charge in [-0.3, -0.25) is 4.79 Å². The van der Waals surface area contributed by atoms with Crippen molar-refractivity contribution in [1.29, 1.82) is 0 Å². The minimum absolute atomic E-state index is 0.106.